The molecule has 2 rings (SSSR count). The van der Waals surface area contributed by atoms with Crippen LogP contribution in [0.2, 0.25) is 0 Å². The molecule has 0 aromatic heterocycles. The van der Waals surface area contributed by atoms with E-state index in [1.54, 1.807) is 6.07 Å². The zero-order valence-electron chi connectivity index (χ0n) is 12.4. The highest BCUT2D eigenvalue weighted by molar-refractivity contribution is 7.88. The molecule has 118 valence electrons. The molecular formula is C15H23FN2O2S. The minimum absolute atomic E-state index is 0.154. The minimum Gasteiger partial charge on any atom is -0.299 e. The van der Waals surface area contributed by atoms with Crippen LogP contribution in [0, 0.1) is 11.7 Å². The number of halogens is 1. The summed E-state index contributed by atoms with van der Waals surface area (Å²) < 4.78 is 38.3. The van der Waals surface area contributed by atoms with Crippen molar-refractivity contribution in [2.75, 3.05) is 25.9 Å². The molecule has 1 aliphatic heterocycles. The van der Waals surface area contributed by atoms with Crippen LogP contribution in [0.4, 0.5) is 4.39 Å². The molecule has 1 N–H and O–H groups in total. The molecule has 4 nitrogen and oxygen atoms in total. The molecule has 0 saturated carbocycles. The summed E-state index contributed by atoms with van der Waals surface area (Å²) >= 11 is 0. The summed E-state index contributed by atoms with van der Waals surface area (Å²) in [5.41, 5.74) is 0.729. The van der Waals surface area contributed by atoms with Crippen LogP contribution >= 0.6 is 0 Å². The zero-order valence-corrected chi connectivity index (χ0v) is 13.2. The lowest BCUT2D eigenvalue weighted by Crippen LogP contribution is -2.36. The Bertz CT molecular complexity index is 563. The number of hydrogen-bond acceptors (Lipinski definition) is 3. The second kappa shape index (κ2) is 7.33. The van der Waals surface area contributed by atoms with Gasteiger partial charge in [0.15, 0.2) is 0 Å². The highest BCUT2D eigenvalue weighted by atomic mass is 32.2. The van der Waals surface area contributed by atoms with E-state index in [9.17, 15) is 12.8 Å². The molecule has 1 fully saturated rings. The topological polar surface area (TPSA) is 49.4 Å². The number of hydrogen-bond donors (Lipinski definition) is 1. The predicted molar refractivity (Wildman–Crippen MR) is 81.9 cm³/mol. The van der Waals surface area contributed by atoms with Gasteiger partial charge in [-0.2, -0.15) is 0 Å². The number of nitrogens with zero attached hydrogens (tertiary/aromatic N) is 1. The van der Waals surface area contributed by atoms with Gasteiger partial charge in [0.05, 0.1) is 6.26 Å². The third kappa shape index (κ3) is 5.73. The van der Waals surface area contributed by atoms with E-state index in [0.717, 1.165) is 37.9 Å². The first kappa shape index (κ1) is 16.4. The summed E-state index contributed by atoms with van der Waals surface area (Å²) in [5, 5.41) is 0. The van der Waals surface area contributed by atoms with Crippen LogP contribution < -0.4 is 4.72 Å². The van der Waals surface area contributed by atoms with Gasteiger partial charge in [0.25, 0.3) is 0 Å². The lowest BCUT2D eigenvalue weighted by Gasteiger charge is -2.32. The quantitative estimate of drug-likeness (QED) is 0.873. The lowest BCUT2D eigenvalue weighted by molar-refractivity contribution is 0.161. The van der Waals surface area contributed by atoms with Crippen LogP contribution in [0.5, 0.6) is 0 Å². The van der Waals surface area contributed by atoms with Gasteiger partial charge in [-0.1, -0.05) is 18.2 Å². The monoisotopic (exact) mass is 314 g/mol. The van der Waals surface area contributed by atoms with Gasteiger partial charge < -0.3 is 0 Å². The Morgan fingerprint density at radius 1 is 1.38 bits per heavy atom. The van der Waals surface area contributed by atoms with Gasteiger partial charge in [0, 0.05) is 25.2 Å². The molecule has 1 atom stereocenters. The molecule has 1 aromatic carbocycles. The van der Waals surface area contributed by atoms with E-state index < -0.39 is 10.0 Å². The molecule has 0 radical (unpaired) electrons. The second-order valence-electron chi connectivity index (χ2n) is 5.79. The molecular weight excluding hydrogens is 291 g/mol. The molecule has 0 bridgehead atoms. The van der Waals surface area contributed by atoms with E-state index in [1.807, 2.05) is 12.1 Å². The Kier molecular flexibility index (Phi) is 5.72. The van der Waals surface area contributed by atoms with Crippen LogP contribution in [0.15, 0.2) is 24.3 Å². The molecule has 0 spiro atoms. The molecule has 0 aliphatic carbocycles. The van der Waals surface area contributed by atoms with Crippen molar-refractivity contribution in [3.05, 3.63) is 35.6 Å². The van der Waals surface area contributed by atoms with Gasteiger partial charge in [0.2, 0.25) is 10.0 Å². The first-order valence-corrected chi connectivity index (χ1v) is 9.23. The summed E-state index contributed by atoms with van der Waals surface area (Å²) in [5.74, 6) is 0.318. The van der Waals surface area contributed by atoms with Crippen LogP contribution in [0.25, 0.3) is 0 Å². The van der Waals surface area contributed by atoms with Crippen molar-refractivity contribution in [3.8, 4) is 0 Å². The van der Waals surface area contributed by atoms with Gasteiger partial charge in [-0.3, -0.25) is 4.90 Å². The third-order valence-corrected chi connectivity index (χ3v) is 4.60. The van der Waals surface area contributed by atoms with Gasteiger partial charge in [-0.05, 0) is 37.8 Å². The normalized spacial score (nSPS) is 20.6. The molecule has 0 unspecified atom stereocenters. The fourth-order valence-corrected chi connectivity index (χ4v) is 3.34. The van der Waals surface area contributed by atoms with Crippen molar-refractivity contribution in [2.24, 2.45) is 5.92 Å². The van der Waals surface area contributed by atoms with E-state index in [-0.39, 0.29) is 5.82 Å². The molecule has 1 aliphatic rings. The van der Waals surface area contributed by atoms with Crippen LogP contribution in [-0.4, -0.2) is 39.2 Å². The summed E-state index contributed by atoms with van der Waals surface area (Å²) in [6.45, 7) is 2.99. The Hall–Kier alpha value is -0.980. The van der Waals surface area contributed by atoms with Crippen LogP contribution in [-0.2, 0) is 16.6 Å². The average molecular weight is 314 g/mol. The summed E-state index contributed by atoms with van der Waals surface area (Å²) in [6, 6.07) is 6.88. The first-order chi connectivity index (χ1) is 9.94. The number of benzene rings is 1. The summed E-state index contributed by atoms with van der Waals surface area (Å²) in [7, 11) is -3.11. The van der Waals surface area contributed by atoms with Crippen LogP contribution in [0.1, 0.15) is 24.8 Å². The molecule has 21 heavy (non-hydrogen) atoms. The predicted octanol–water partition coefficient (Wildman–Crippen LogP) is 1.98. The second-order valence-corrected chi connectivity index (χ2v) is 7.62. The van der Waals surface area contributed by atoms with E-state index >= 15 is 0 Å². The fourth-order valence-electron chi connectivity index (χ4n) is 2.85. The van der Waals surface area contributed by atoms with Crippen molar-refractivity contribution >= 4 is 10.0 Å². The maximum atomic E-state index is 13.7. The smallest absolute Gasteiger partial charge is 0.208 e. The molecule has 1 saturated heterocycles. The number of nitrogens with one attached hydrogen (secondary N) is 1. The highest BCUT2D eigenvalue weighted by Gasteiger charge is 2.20. The third-order valence-electron chi connectivity index (χ3n) is 3.87. The van der Waals surface area contributed by atoms with Crippen molar-refractivity contribution in [1.29, 1.82) is 0 Å². The van der Waals surface area contributed by atoms with E-state index in [2.05, 4.69) is 9.62 Å². The number of rotatable bonds is 6. The Morgan fingerprint density at radius 3 is 2.86 bits per heavy atom. The van der Waals surface area contributed by atoms with Crippen molar-refractivity contribution in [1.82, 2.24) is 9.62 Å². The maximum absolute atomic E-state index is 13.7. The Balaban J connectivity index is 1.82. The first-order valence-electron chi connectivity index (χ1n) is 7.34. The lowest BCUT2D eigenvalue weighted by atomic mass is 9.94. The van der Waals surface area contributed by atoms with Crippen LogP contribution in [0.3, 0.4) is 0 Å². The van der Waals surface area contributed by atoms with E-state index in [1.165, 1.54) is 12.3 Å². The standard InChI is InChI=1S/C15H23FN2O2S/c1-21(19,20)17-9-8-13-5-4-10-18(11-13)12-14-6-2-3-7-15(14)16/h2-3,6-7,13,17H,4-5,8-12H2,1H3/t13-/m1/s1. The Labute approximate surface area is 126 Å². The minimum atomic E-state index is -3.11. The number of piperidine rings is 1. The number of sulfonamides is 1. The summed E-state index contributed by atoms with van der Waals surface area (Å²) in [6.07, 6.45) is 4.20. The molecule has 0 amide bonds. The van der Waals surface area contributed by atoms with E-state index in [0.29, 0.717) is 19.0 Å². The SMILES string of the molecule is CS(=O)(=O)NCC[C@H]1CCCN(Cc2ccccc2F)C1. The van der Waals surface area contributed by atoms with Gasteiger partial charge in [-0.25, -0.2) is 17.5 Å². The highest BCUT2D eigenvalue weighted by Crippen LogP contribution is 2.21. The molecule has 1 heterocycles. The zero-order chi connectivity index (χ0) is 15.3. The molecule has 6 heteroatoms. The van der Waals surface area contributed by atoms with Crippen molar-refractivity contribution < 1.29 is 12.8 Å². The van der Waals surface area contributed by atoms with Gasteiger partial charge in [-0.15, -0.1) is 0 Å². The van der Waals surface area contributed by atoms with Crippen molar-refractivity contribution in [2.45, 2.75) is 25.8 Å². The summed E-state index contributed by atoms with van der Waals surface area (Å²) in [4.78, 5) is 2.26. The van der Waals surface area contributed by atoms with Gasteiger partial charge >= 0.3 is 0 Å². The maximum Gasteiger partial charge on any atom is 0.208 e. The van der Waals surface area contributed by atoms with Gasteiger partial charge in [0.1, 0.15) is 5.82 Å². The van der Waals surface area contributed by atoms with E-state index in [4.69, 9.17) is 0 Å². The number of likely N-dealkylation sites (tertiary alicyclic amines) is 1. The largest absolute Gasteiger partial charge is 0.299 e. The average Bonchev–Trinajstić information content (AvgIpc) is 2.40. The molecule has 1 aromatic rings. The Morgan fingerprint density at radius 2 is 2.14 bits per heavy atom. The fraction of sp³-hybridized carbons (Fsp3) is 0.600. The van der Waals surface area contributed by atoms with Crippen molar-refractivity contribution in [3.63, 3.8) is 0 Å².